The number of nitrogens with one attached hydrogen (secondary N) is 1. The van der Waals surface area contributed by atoms with Crippen LogP contribution < -0.4 is 5.32 Å². The molecule has 0 aromatic carbocycles. The molecule has 0 bridgehead atoms. The van der Waals surface area contributed by atoms with E-state index in [2.05, 4.69) is 47.3 Å². The van der Waals surface area contributed by atoms with E-state index >= 15 is 0 Å². The second kappa shape index (κ2) is 9.34. The third-order valence-corrected chi connectivity index (χ3v) is 5.98. The molecule has 0 fully saturated rings. The van der Waals surface area contributed by atoms with Crippen molar-refractivity contribution in [2.45, 2.75) is 43.4 Å². The molecule has 2 aromatic rings. The van der Waals surface area contributed by atoms with Crippen LogP contribution in [0.3, 0.4) is 0 Å². The Hall–Kier alpha value is -1.18. The Labute approximate surface area is 152 Å². The number of unbranched alkanes of at least 4 members (excludes halogenated alkanes) is 1. The summed E-state index contributed by atoms with van der Waals surface area (Å²) < 4.78 is 0. The first-order valence-corrected chi connectivity index (χ1v) is 10.0. The zero-order chi connectivity index (χ0) is 17.5. The molecular weight excluding hydrogens is 340 g/mol. The molecule has 0 aliphatic heterocycles. The fourth-order valence-corrected chi connectivity index (χ4v) is 4.20. The van der Waals surface area contributed by atoms with Gasteiger partial charge in [0.1, 0.15) is 16.2 Å². The molecule has 1 amide bonds. The number of fused-ring (bicyclic) bond motifs is 1. The average Bonchev–Trinajstić information content (AvgIpc) is 2.98. The highest BCUT2D eigenvalue weighted by atomic mass is 32.2. The fraction of sp³-hybridized carbons (Fsp3) is 0.588. The second-order valence-corrected chi connectivity index (χ2v) is 8.47. The van der Waals surface area contributed by atoms with Gasteiger partial charge in [0, 0.05) is 16.8 Å². The van der Waals surface area contributed by atoms with Gasteiger partial charge in [-0.15, -0.1) is 11.3 Å². The zero-order valence-electron chi connectivity index (χ0n) is 14.8. The lowest BCUT2D eigenvalue weighted by atomic mass is 10.3. The number of thioether (sulfide) groups is 1. The third-order valence-electron chi connectivity index (χ3n) is 3.68. The van der Waals surface area contributed by atoms with Crippen LogP contribution in [-0.4, -0.2) is 53.2 Å². The number of thiophene rings is 1. The number of carbonyl (C=O) groups is 1. The maximum absolute atomic E-state index is 12.3. The van der Waals surface area contributed by atoms with Gasteiger partial charge in [0.15, 0.2) is 0 Å². The van der Waals surface area contributed by atoms with Crippen LogP contribution in [-0.2, 0) is 11.2 Å². The maximum Gasteiger partial charge on any atom is 0.233 e. The van der Waals surface area contributed by atoms with E-state index in [0.717, 1.165) is 47.6 Å². The first-order chi connectivity index (χ1) is 11.5. The lowest BCUT2D eigenvalue weighted by molar-refractivity contribution is -0.120. The molecule has 0 spiro atoms. The van der Waals surface area contributed by atoms with E-state index in [0.29, 0.717) is 0 Å². The van der Waals surface area contributed by atoms with Crippen molar-refractivity contribution >= 4 is 39.2 Å². The lowest BCUT2D eigenvalue weighted by Crippen LogP contribution is -2.32. The molecule has 0 saturated heterocycles. The van der Waals surface area contributed by atoms with Crippen molar-refractivity contribution in [3.8, 4) is 0 Å². The normalized spacial score (nSPS) is 12.7. The quantitative estimate of drug-likeness (QED) is 0.420. The summed E-state index contributed by atoms with van der Waals surface area (Å²) in [5.74, 6) is 0.0718. The summed E-state index contributed by atoms with van der Waals surface area (Å²) in [4.78, 5) is 25.4. The number of aryl methyl sites for hydroxylation is 1. The van der Waals surface area contributed by atoms with Crippen molar-refractivity contribution in [3.63, 3.8) is 0 Å². The Balaban J connectivity index is 1.88. The fourth-order valence-electron chi connectivity index (χ4n) is 2.28. The Kier molecular flexibility index (Phi) is 7.45. The highest BCUT2D eigenvalue weighted by Crippen LogP contribution is 2.32. The Bertz CT molecular complexity index is 672. The molecule has 0 saturated carbocycles. The number of rotatable bonds is 9. The van der Waals surface area contributed by atoms with Crippen LogP contribution in [0.4, 0.5) is 0 Å². The minimum Gasteiger partial charge on any atom is -0.355 e. The van der Waals surface area contributed by atoms with Gasteiger partial charge in [-0.1, -0.05) is 18.7 Å². The third kappa shape index (κ3) is 5.43. The van der Waals surface area contributed by atoms with Crippen LogP contribution in [0.2, 0.25) is 0 Å². The van der Waals surface area contributed by atoms with Crippen molar-refractivity contribution in [3.05, 3.63) is 17.3 Å². The number of aromatic nitrogens is 2. The summed E-state index contributed by atoms with van der Waals surface area (Å²) in [6.07, 6.45) is 4.68. The van der Waals surface area contributed by atoms with Gasteiger partial charge in [-0.25, -0.2) is 9.97 Å². The van der Waals surface area contributed by atoms with Crippen LogP contribution in [0.5, 0.6) is 0 Å². The van der Waals surface area contributed by atoms with Gasteiger partial charge in [-0.05, 0) is 52.9 Å². The molecule has 5 nitrogen and oxygen atoms in total. The number of carbonyl (C=O) groups excluding carboxylic acids is 1. The van der Waals surface area contributed by atoms with Gasteiger partial charge in [-0.3, -0.25) is 4.79 Å². The van der Waals surface area contributed by atoms with E-state index in [9.17, 15) is 4.79 Å². The largest absolute Gasteiger partial charge is 0.355 e. The summed E-state index contributed by atoms with van der Waals surface area (Å²) in [6, 6.07) is 2.15. The molecule has 2 heterocycles. The first-order valence-electron chi connectivity index (χ1n) is 8.33. The Morgan fingerprint density at radius 1 is 1.38 bits per heavy atom. The van der Waals surface area contributed by atoms with Gasteiger partial charge in [-0.2, -0.15) is 0 Å². The molecule has 132 valence electrons. The van der Waals surface area contributed by atoms with Crippen LogP contribution in [0, 0.1) is 0 Å². The minimum absolute atomic E-state index is 0.0718. The molecule has 24 heavy (non-hydrogen) atoms. The smallest absolute Gasteiger partial charge is 0.233 e. The van der Waals surface area contributed by atoms with Crippen LogP contribution in [0.25, 0.3) is 10.2 Å². The van der Waals surface area contributed by atoms with Gasteiger partial charge >= 0.3 is 0 Å². The van der Waals surface area contributed by atoms with Crippen LogP contribution in [0.1, 0.15) is 31.6 Å². The van der Waals surface area contributed by atoms with Crippen molar-refractivity contribution in [2.75, 3.05) is 27.2 Å². The maximum atomic E-state index is 12.3. The van der Waals surface area contributed by atoms with Crippen molar-refractivity contribution in [1.29, 1.82) is 0 Å². The second-order valence-electron chi connectivity index (χ2n) is 6.03. The molecule has 1 N–H and O–H groups in total. The molecular formula is C17H26N4OS2. The summed E-state index contributed by atoms with van der Waals surface area (Å²) >= 11 is 3.21. The van der Waals surface area contributed by atoms with Gasteiger partial charge in [0.2, 0.25) is 5.91 Å². The van der Waals surface area contributed by atoms with Crippen molar-refractivity contribution in [1.82, 2.24) is 20.2 Å². The van der Waals surface area contributed by atoms with Gasteiger partial charge in [0.05, 0.1) is 5.25 Å². The minimum atomic E-state index is -0.165. The summed E-state index contributed by atoms with van der Waals surface area (Å²) in [5, 5.41) is 4.82. The average molecular weight is 367 g/mol. The lowest BCUT2D eigenvalue weighted by Gasteiger charge is -2.13. The number of hydrogen-bond donors (Lipinski definition) is 1. The first kappa shape index (κ1) is 19.1. The monoisotopic (exact) mass is 366 g/mol. The van der Waals surface area contributed by atoms with Gasteiger partial charge in [0.25, 0.3) is 0 Å². The van der Waals surface area contributed by atoms with Crippen LogP contribution in [0.15, 0.2) is 17.4 Å². The molecule has 0 aliphatic carbocycles. The molecule has 7 heteroatoms. The molecule has 0 aliphatic rings. The summed E-state index contributed by atoms with van der Waals surface area (Å²) in [7, 11) is 4.13. The van der Waals surface area contributed by atoms with E-state index < -0.39 is 0 Å². The Morgan fingerprint density at radius 2 is 2.17 bits per heavy atom. The van der Waals surface area contributed by atoms with E-state index in [1.54, 1.807) is 17.7 Å². The van der Waals surface area contributed by atoms with E-state index in [4.69, 9.17) is 0 Å². The van der Waals surface area contributed by atoms with Gasteiger partial charge < -0.3 is 10.2 Å². The predicted molar refractivity (Wildman–Crippen MR) is 103 cm³/mol. The molecule has 2 rings (SSSR count). The molecule has 2 aromatic heterocycles. The highest BCUT2D eigenvalue weighted by Gasteiger charge is 2.17. The summed E-state index contributed by atoms with van der Waals surface area (Å²) in [6.45, 7) is 5.85. The molecule has 1 atom stereocenters. The van der Waals surface area contributed by atoms with E-state index in [1.165, 1.54) is 16.6 Å². The molecule has 0 radical (unpaired) electrons. The highest BCUT2D eigenvalue weighted by molar-refractivity contribution is 8.00. The topological polar surface area (TPSA) is 58.1 Å². The van der Waals surface area contributed by atoms with Crippen molar-refractivity contribution in [2.24, 2.45) is 0 Å². The Morgan fingerprint density at radius 3 is 2.88 bits per heavy atom. The summed E-state index contributed by atoms with van der Waals surface area (Å²) in [5.41, 5.74) is 0. The standard InChI is InChI=1S/C17H26N4OS2/c1-5-13-10-14-16(19-11-20-17(14)24-13)23-12(2)15(22)18-8-6-7-9-21(3)4/h10-12H,5-9H2,1-4H3,(H,18,22). The van der Waals surface area contributed by atoms with E-state index in [-0.39, 0.29) is 11.2 Å². The predicted octanol–water partition coefficient (Wildman–Crippen LogP) is 3.19. The SMILES string of the molecule is CCc1cc2c(SC(C)C(=O)NCCCCN(C)C)ncnc2s1. The number of amides is 1. The van der Waals surface area contributed by atoms with Crippen LogP contribution >= 0.6 is 23.1 Å². The van der Waals surface area contributed by atoms with E-state index in [1.807, 2.05) is 6.92 Å². The zero-order valence-corrected chi connectivity index (χ0v) is 16.5. The number of hydrogen-bond acceptors (Lipinski definition) is 6. The number of nitrogens with zero attached hydrogens (tertiary/aromatic N) is 3. The molecule has 1 unspecified atom stereocenters. The van der Waals surface area contributed by atoms with Crippen molar-refractivity contribution < 1.29 is 4.79 Å².